The second-order valence-corrected chi connectivity index (χ2v) is 6.17. The number of aliphatic hydroxyl groups is 1. The summed E-state index contributed by atoms with van der Waals surface area (Å²) < 4.78 is 16.3. The molecule has 6 nitrogen and oxygen atoms in total. The molecule has 0 aromatic heterocycles. The van der Waals surface area contributed by atoms with Crippen molar-refractivity contribution in [2.45, 2.75) is 26.5 Å². The van der Waals surface area contributed by atoms with E-state index in [2.05, 4.69) is 30.7 Å². The van der Waals surface area contributed by atoms with Gasteiger partial charge in [0.05, 0.1) is 13.7 Å². The first kappa shape index (κ1) is 21.7. The van der Waals surface area contributed by atoms with Crippen molar-refractivity contribution in [3.05, 3.63) is 23.8 Å². The average molecular weight is 354 g/mol. The first-order chi connectivity index (χ1) is 12.0. The number of aliphatic hydroxyl groups excluding tert-OH is 1. The van der Waals surface area contributed by atoms with Crippen LogP contribution in [0.3, 0.4) is 0 Å². The molecule has 1 aromatic rings. The summed E-state index contributed by atoms with van der Waals surface area (Å²) in [6, 6.07) is 5.92. The van der Waals surface area contributed by atoms with Gasteiger partial charge in [-0.05, 0) is 37.8 Å². The smallest absolute Gasteiger partial charge is 0.161 e. The normalized spacial score (nSPS) is 12.6. The van der Waals surface area contributed by atoms with Crippen LogP contribution >= 0.6 is 0 Å². The lowest BCUT2D eigenvalue weighted by molar-refractivity contribution is 0.0705. The number of ether oxygens (including phenoxy) is 3. The quantitative estimate of drug-likeness (QED) is 0.583. The number of nitrogens with zero attached hydrogens (tertiary/aromatic N) is 2. The Balaban J connectivity index is 2.65. The fraction of sp³-hybridized carbons (Fsp3) is 0.684. The molecule has 1 rings (SSSR count). The molecule has 0 aliphatic carbocycles. The van der Waals surface area contributed by atoms with Crippen LogP contribution in [-0.4, -0.2) is 81.7 Å². The van der Waals surface area contributed by atoms with E-state index < -0.39 is 6.10 Å². The maximum absolute atomic E-state index is 10.2. The van der Waals surface area contributed by atoms with Crippen LogP contribution in [0.25, 0.3) is 0 Å². The molecule has 144 valence electrons. The molecule has 0 heterocycles. The zero-order valence-corrected chi connectivity index (χ0v) is 16.3. The molecule has 0 saturated carbocycles. The van der Waals surface area contributed by atoms with E-state index in [0.29, 0.717) is 24.7 Å². The van der Waals surface area contributed by atoms with Crippen LogP contribution in [-0.2, 0) is 11.3 Å². The third kappa shape index (κ3) is 8.05. The van der Waals surface area contributed by atoms with Crippen molar-refractivity contribution >= 4 is 0 Å². The third-order valence-corrected chi connectivity index (χ3v) is 4.15. The van der Waals surface area contributed by atoms with E-state index in [9.17, 15) is 5.11 Å². The fourth-order valence-electron chi connectivity index (χ4n) is 2.59. The molecule has 0 fully saturated rings. The van der Waals surface area contributed by atoms with Gasteiger partial charge in [0.2, 0.25) is 0 Å². The predicted molar refractivity (Wildman–Crippen MR) is 100 cm³/mol. The van der Waals surface area contributed by atoms with Crippen molar-refractivity contribution < 1.29 is 19.3 Å². The van der Waals surface area contributed by atoms with Gasteiger partial charge in [-0.1, -0.05) is 19.9 Å². The van der Waals surface area contributed by atoms with Gasteiger partial charge in [0.1, 0.15) is 12.7 Å². The Morgan fingerprint density at radius 1 is 1.12 bits per heavy atom. The molecule has 0 spiro atoms. The summed E-state index contributed by atoms with van der Waals surface area (Å²) in [5.41, 5.74) is 1.13. The first-order valence-corrected chi connectivity index (χ1v) is 8.91. The largest absolute Gasteiger partial charge is 0.493 e. The second-order valence-electron chi connectivity index (χ2n) is 6.17. The van der Waals surface area contributed by atoms with Crippen molar-refractivity contribution in [1.29, 1.82) is 0 Å². The topological polar surface area (TPSA) is 54.4 Å². The number of benzene rings is 1. The summed E-state index contributed by atoms with van der Waals surface area (Å²) in [6.45, 7) is 9.22. The van der Waals surface area contributed by atoms with E-state index in [4.69, 9.17) is 14.2 Å². The zero-order valence-electron chi connectivity index (χ0n) is 16.3. The van der Waals surface area contributed by atoms with Gasteiger partial charge in [0.25, 0.3) is 0 Å². The molecule has 1 aromatic carbocycles. The second kappa shape index (κ2) is 12.1. The van der Waals surface area contributed by atoms with Crippen LogP contribution in [0.15, 0.2) is 18.2 Å². The van der Waals surface area contributed by atoms with Gasteiger partial charge in [-0.25, -0.2) is 0 Å². The maximum atomic E-state index is 10.2. The minimum atomic E-state index is -0.530. The lowest BCUT2D eigenvalue weighted by atomic mass is 10.2. The standard InChI is InChI=1S/C19H34N2O4/c1-6-21(7-2)14-17(22)15-25-19-12-16(8-9-18(19)24-5)13-20(3)10-11-23-4/h8-9,12,17,22H,6-7,10-11,13-15H2,1-5H3. The highest BCUT2D eigenvalue weighted by Crippen LogP contribution is 2.28. The van der Waals surface area contributed by atoms with Gasteiger partial charge in [-0.2, -0.15) is 0 Å². The summed E-state index contributed by atoms with van der Waals surface area (Å²) in [5.74, 6) is 1.34. The maximum Gasteiger partial charge on any atom is 0.161 e. The lowest BCUT2D eigenvalue weighted by Crippen LogP contribution is -2.35. The Morgan fingerprint density at radius 2 is 1.84 bits per heavy atom. The minimum Gasteiger partial charge on any atom is -0.493 e. The molecule has 0 radical (unpaired) electrons. The summed E-state index contributed by atoms with van der Waals surface area (Å²) in [4.78, 5) is 4.36. The van der Waals surface area contributed by atoms with Crippen LogP contribution in [0.2, 0.25) is 0 Å². The van der Waals surface area contributed by atoms with Crippen molar-refractivity contribution in [2.24, 2.45) is 0 Å². The Hall–Kier alpha value is -1.34. The molecule has 1 atom stereocenters. The number of methoxy groups -OCH3 is 2. The highest BCUT2D eigenvalue weighted by Gasteiger charge is 2.13. The van der Waals surface area contributed by atoms with E-state index in [0.717, 1.165) is 31.7 Å². The van der Waals surface area contributed by atoms with Gasteiger partial charge in [-0.3, -0.25) is 4.90 Å². The van der Waals surface area contributed by atoms with Gasteiger partial charge >= 0.3 is 0 Å². The highest BCUT2D eigenvalue weighted by atomic mass is 16.5. The summed E-state index contributed by atoms with van der Waals surface area (Å²) >= 11 is 0. The summed E-state index contributed by atoms with van der Waals surface area (Å²) in [6.07, 6.45) is -0.530. The molecular formula is C19H34N2O4. The fourth-order valence-corrected chi connectivity index (χ4v) is 2.59. The van der Waals surface area contributed by atoms with Crippen LogP contribution < -0.4 is 9.47 Å². The Labute approximate surface area is 152 Å². The van der Waals surface area contributed by atoms with Crippen LogP contribution in [0, 0.1) is 0 Å². The Bertz CT molecular complexity index is 480. The van der Waals surface area contributed by atoms with E-state index >= 15 is 0 Å². The van der Waals surface area contributed by atoms with E-state index in [1.165, 1.54) is 0 Å². The van der Waals surface area contributed by atoms with Crippen molar-refractivity contribution in [3.63, 3.8) is 0 Å². The molecule has 25 heavy (non-hydrogen) atoms. The third-order valence-electron chi connectivity index (χ3n) is 4.15. The zero-order chi connectivity index (χ0) is 18.7. The van der Waals surface area contributed by atoms with Crippen molar-refractivity contribution in [1.82, 2.24) is 9.80 Å². The number of rotatable bonds is 13. The molecule has 6 heteroatoms. The molecule has 1 N–H and O–H groups in total. The van der Waals surface area contributed by atoms with E-state index in [1.54, 1.807) is 14.2 Å². The van der Waals surface area contributed by atoms with Crippen LogP contribution in [0.5, 0.6) is 11.5 Å². The average Bonchev–Trinajstić information content (AvgIpc) is 2.62. The molecule has 0 aliphatic heterocycles. The van der Waals surface area contributed by atoms with Gasteiger partial charge < -0.3 is 24.2 Å². The highest BCUT2D eigenvalue weighted by molar-refractivity contribution is 5.43. The Morgan fingerprint density at radius 3 is 2.44 bits per heavy atom. The number of likely N-dealkylation sites (N-methyl/N-ethyl adjacent to an activating group) is 2. The minimum absolute atomic E-state index is 0.246. The monoisotopic (exact) mass is 354 g/mol. The number of hydrogen-bond donors (Lipinski definition) is 1. The van der Waals surface area contributed by atoms with Crippen LogP contribution in [0.1, 0.15) is 19.4 Å². The Kier molecular flexibility index (Phi) is 10.5. The SMILES string of the molecule is CCN(CC)CC(O)COc1cc(CN(C)CCOC)ccc1OC. The lowest BCUT2D eigenvalue weighted by Gasteiger charge is -2.22. The van der Waals surface area contributed by atoms with Gasteiger partial charge in [-0.15, -0.1) is 0 Å². The van der Waals surface area contributed by atoms with Gasteiger partial charge in [0.15, 0.2) is 11.5 Å². The van der Waals surface area contributed by atoms with Crippen molar-refractivity contribution in [3.8, 4) is 11.5 Å². The summed E-state index contributed by atoms with van der Waals surface area (Å²) in [7, 11) is 5.38. The molecule has 0 bridgehead atoms. The number of hydrogen-bond acceptors (Lipinski definition) is 6. The van der Waals surface area contributed by atoms with Crippen LogP contribution in [0.4, 0.5) is 0 Å². The molecule has 0 aliphatic rings. The molecule has 0 amide bonds. The molecule has 0 saturated heterocycles. The summed E-state index contributed by atoms with van der Waals surface area (Å²) in [5, 5.41) is 10.2. The van der Waals surface area contributed by atoms with Gasteiger partial charge in [0, 0.05) is 26.7 Å². The molecular weight excluding hydrogens is 320 g/mol. The van der Waals surface area contributed by atoms with E-state index in [-0.39, 0.29) is 6.61 Å². The van der Waals surface area contributed by atoms with E-state index in [1.807, 2.05) is 18.2 Å². The van der Waals surface area contributed by atoms with Crippen molar-refractivity contribution in [2.75, 3.05) is 60.7 Å². The first-order valence-electron chi connectivity index (χ1n) is 8.91. The predicted octanol–water partition coefficient (Wildman–Crippen LogP) is 1.85. The molecule has 1 unspecified atom stereocenters.